The molecule has 0 atom stereocenters. The summed E-state index contributed by atoms with van der Waals surface area (Å²) >= 11 is 0. The molecular formula is C22H36O4. The fourth-order valence-corrected chi connectivity index (χ4v) is 3.20. The van der Waals surface area contributed by atoms with Crippen molar-refractivity contribution >= 4 is 5.78 Å². The van der Waals surface area contributed by atoms with Crippen molar-refractivity contribution in [2.45, 2.75) is 90.4 Å². The van der Waals surface area contributed by atoms with E-state index in [0.29, 0.717) is 18.6 Å². The summed E-state index contributed by atoms with van der Waals surface area (Å²) in [6.45, 7) is 2.01. The Hall–Kier alpha value is -1.55. The molecule has 0 fully saturated rings. The molecule has 0 aliphatic rings. The number of phenols is 2. The summed E-state index contributed by atoms with van der Waals surface area (Å²) in [5.74, 6) is -0.0831. The van der Waals surface area contributed by atoms with E-state index in [1.165, 1.54) is 57.1 Å². The minimum Gasteiger partial charge on any atom is -0.508 e. The fraction of sp³-hybridized carbons (Fsp3) is 0.682. The van der Waals surface area contributed by atoms with Gasteiger partial charge in [-0.2, -0.15) is 0 Å². The predicted molar refractivity (Wildman–Crippen MR) is 106 cm³/mol. The number of benzene rings is 1. The largest absolute Gasteiger partial charge is 0.508 e. The first-order valence-corrected chi connectivity index (χ1v) is 10.2. The average Bonchev–Trinajstić information content (AvgIpc) is 2.62. The standard InChI is InChI=1S/C22H36O4/c1-18-16-22(26)19(17-21(18)25)20(24)14-12-10-8-6-4-2-3-5-7-9-11-13-15-23/h16-17,23,25-26H,2-15H2,1H3. The SMILES string of the molecule is Cc1cc(O)c(C(=O)CCCCCCCCCCCCCCO)cc1O. The highest BCUT2D eigenvalue weighted by molar-refractivity contribution is 5.99. The third-order valence-electron chi connectivity index (χ3n) is 4.93. The van der Waals surface area contributed by atoms with E-state index in [9.17, 15) is 15.0 Å². The Morgan fingerprint density at radius 2 is 1.19 bits per heavy atom. The minimum atomic E-state index is -0.0981. The van der Waals surface area contributed by atoms with Crippen LogP contribution in [0.15, 0.2) is 12.1 Å². The van der Waals surface area contributed by atoms with Crippen LogP contribution in [0.3, 0.4) is 0 Å². The molecule has 0 unspecified atom stereocenters. The number of ketones is 1. The van der Waals surface area contributed by atoms with Crippen LogP contribution in [-0.2, 0) is 0 Å². The van der Waals surface area contributed by atoms with E-state index in [1.54, 1.807) is 6.92 Å². The number of aryl methyl sites for hydroxylation is 1. The van der Waals surface area contributed by atoms with Crippen molar-refractivity contribution in [1.29, 1.82) is 0 Å². The first kappa shape index (κ1) is 22.5. The third-order valence-corrected chi connectivity index (χ3v) is 4.93. The van der Waals surface area contributed by atoms with Crippen LogP contribution in [0.1, 0.15) is 99.4 Å². The first-order chi connectivity index (χ1) is 12.6. The van der Waals surface area contributed by atoms with Crippen LogP contribution in [0.5, 0.6) is 11.5 Å². The maximum atomic E-state index is 12.1. The topological polar surface area (TPSA) is 77.8 Å². The van der Waals surface area contributed by atoms with E-state index in [0.717, 1.165) is 32.1 Å². The zero-order valence-electron chi connectivity index (χ0n) is 16.3. The van der Waals surface area contributed by atoms with E-state index in [4.69, 9.17) is 5.11 Å². The maximum absolute atomic E-state index is 12.1. The smallest absolute Gasteiger partial charge is 0.166 e. The molecule has 0 spiro atoms. The Balaban J connectivity index is 2.01. The molecule has 1 aromatic rings. The molecule has 0 saturated carbocycles. The molecular weight excluding hydrogens is 328 g/mol. The van der Waals surface area contributed by atoms with Crippen molar-refractivity contribution in [3.63, 3.8) is 0 Å². The molecule has 0 aliphatic carbocycles. The molecule has 0 heterocycles. The van der Waals surface area contributed by atoms with Crippen LogP contribution in [-0.4, -0.2) is 27.7 Å². The number of aliphatic hydroxyl groups is 1. The van der Waals surface area contributed by atoms with Gasteiger partial charge in [0.1, 0.15) is 11.5 Å². The van der Waals surface area contributed by atoms with E-state index < -0.39 is 0 Å². The van der Waals surface area contributed by atoms with Gasteiger partial charge in [0.15, 0.2) is 5.78 Å². The second-order valence-corrected chi connectivity index (χ2v) is 7.30. The number of Topliss-reactive ketones (excluding diaryl/α,β-unsaturated/α-hetero) is 1. The van der Waals surface area contributed by atoms with Crippen LogP contribution in [0.2, 0.25) is 0 Å². The summed E-state index contributed by atoms with van der Waals surface area (Å²) in [4.78, 5) is 12.1. The second kappa shape index (κ2) is 13.6. The third kappa shape index (κ3) is 9.23. The molecule has 148 valence electrons. The molecule has 0 aliphatic heterocycles. The van der Waals surface area contributed by atoms with Gasteiger partial charge in [-0.15, -0.1) is 0 Å². The molecule has 4 heteroatoms. The zero-order valence-corrected chi connectivity index (χ0v) is 16.3. The monoisotopic (exact) mass is 364 g/mol. The van der Waals surface area contributed by atoms with Gasteiger partial charge in [-0.05, 0) is 37.5 Å². The summed E-state index contributed by atoms with van der Waals surface area (Å²) in [6, 6.07) is 2.81. The van der Waals surface area contributed by atoms with Crippen molar-refractivity contribution in [1.82, 2.24) is 0 Å². The Bertz CT molecular complexity index is 525. The van der Waals surface area contributed by atoms with Crippen LogP contribution in [0.4, 0.5) is 0 Å². The van der Waals surface area contributed by atoms with Crippen LogP contribution >= 0.6 is 0 Å². The molecule has 1 aromatic carbocycles. The van der Waals surface area contributed by atoms with Crippen LogP contribution < -0.4 is 0 Å². The number of hydrogen-bond acceptors (Lipinski definition) is 4. The average molecular weight is 365 g/mol. The van der Waals surface area contributed by atoms with Gasteiger partial charge in [0.25, 0.3) is 0 Å². The number of unbranched alkanes of at least 4 members (excludes halogenated alkanes) is 11. The quantitative estimate of drug-likeness (QED) is 0.213. The van der Waals surface area contributed by atoms with Crippen molar-refractivity contribution < 1.29 is 20.1 Å². The van der Waals surface area contributed by atoms with Crippen molar-refractivity contribution in [2.75, 3.05) is 6.61 Å². The summed E-state index contributed by atoms with van der Waals surface area (Å²) < 4.78 is 0. The number of aliphatic hydroxyl groups excluding tert-OH is 1. The number of carbonyl (C=O) groups is 1. The number of rotatable bonds is 15. The molecule has 3 N–H and O–H groups in total. The van der Waals surface area contributed by atoms with E-state index in [-0.39, 0.29) is 22.8 Å². The number of aromatic hydroxyl groups is 2. The molecule has 0 amide bonds. The summed E-state index contributed by atoms with van der Waals surface area (Å²) in [7, 11) is 0. The highest BCUT2D eigenvalue weighted by atomic mass is 16.3. The normalized spacial score (nSPS) is 11.0. The second-order valence-electron chi connectivity index (χ2n) is 7.30. The molecule has 0 bridgehead atoms. The van der Waals surface area contributed by atoms with E-state index in [1.807, 2.05) is 0 Å². The summed E-state index contributed by atoms with van der Waals surface area (Å²) in [5, 5.41) is 28.2. The molecule has 26 heavy (non-hydrogen) atoms. The molecule has 0 radical (unpaired) electrons. The van der Waals surface area contributed by atoms with Crippen molar-refractivity contribution in [3.05, 3.63) is 23.3 Å². The number of carbonyl (C=O) groups excluding carboxylic acids is 1. The van der Waals surface area contributed by atoms with Crippen LogP contribution in [0, 0.1) is 6.92 Å². The maximum Gasteiger partial charge on any atom is 0.166 e. The minimum absolute atomic E-state index is 0.0401. The highest BCUT2D eigenvalue weighted by Gasteiger charge is 2.13. The van der Waals surface area contributed by atoms with Gasteiger partial charge < -0.3 is 15.3 Å². The molecule has 1 rings (SSSR count). The molecule has 4 nitrogen and oxygen atoms in total. The summed E-state index contributed by atoms with van der Waals surface area (Å²) in [6.07, 6.45) is 14.4. The Morgan fingerprint density at radius 1 is 0.731 bits per heavy atom. The number of phenolic OH excluding ortho intramolecular Hbond substituents is 2. The number of hydrogen-bond donors (Lipinski definition) is 3. The Kier molecular flexibility index (Phi) is 11.8. The van der Waals surface area contributed by atoms with Crippen molar-refractivity contribution in [3.8, 4) is 11.5 Å². The Morgan fingerprint density at radius 3 is 1.69 bits per heavy atom. The van der Waals surface area contributed by atoms with Crippen LogP contribution in [0.25, 0.3) is 0 Å². The van der Waals surface area contributed by atoms with Gasteiger partial charge in [-0.25, -0.2) is 0 Å². The lowest BCUT2D eigenvalue weighted by Crippen LogP contribution is -2.00. The fourth-order valence-electron chi connectivity index (χ4n) is 3.20. The van der Waals surface area contributed by atoms with Gasteiger partial charge in [-0.3, -0.25) is 4.79 Å². The highest BCUT2D eigenvalue weighted by Crippen LogP contribution is 2.28. The Labute approximate surface area is 158 Å². The predicted octanol–water partition coefficient (Wildman–Crippen LogP) is 5.65. The van der Waals surface area contributed by atoms with Gasteiger partial charge in [0.2, 0.25) is 0 Å². The van der Waals surface area contributed by atoms with E-state index in [2.05, 4.69) is 0 Å². The van der Waals surface area contributed by atoms with Gasteiger partial charge in [-0.1, -0.05) is 64.2 Å². The molecule has 0 aromatic heterocycles. The lowest BCUT2D eigenvalue weighted by molar-refractivity contribution is 0.0976. The summed E-state index contributed by atoms with van der Waals surface area (Å²) in [5.41, 5.74) is 0.802. The van der Waals surface area contributed by atoms with Crippen molar-refractivity contribution in [2.24, 2.45) is 0 Å². The lowest BCUT2D eigenvalue weighted by atomic mass is 10.0. The van der Waals surface area contributed by atoms with Gasteiger partial charge in [0.05, 0.1) is 5.56 Å². The molecule has 0 saturated heterocycles. The van der Waals surface area contributed by atoms with E-state index >= 15 is 0 Å². The van der Waals surface area contributed by atoms with Gasteiger partial charge >= 0.3 is 0 Å². The van der Waals surface area contributed by atoms with Gasteiger partial charge in [0, 0.05) is 13.0 Å². The lowest BCUT2D eigenvalue weighted by Gasteiger charge is -2.07. The first-order valence-electron chi connectivity index (χ1n) is 10.2. The zero-order chi connectivity index (χ0) is 19.2.